The van der Waals surface area contributed by atoms with Crippen molar-refractivity contribution in [3.05, 3.63) is 0 Å². The minimum atomic E-state index is -3.13. The molecule has 0 saturated heterocycles. The van der Waals surface area contributed by atoms with Crippen LogP contribution in [0.5, 0.6) is 0 Å². The third-order valence-corrected chi connectivity index (χ3v) is 0. The lowest BCUT2D eigenvalue weighted by Crippen LogP contribution is -1.90. The molecule has 0 aliphatic rings. The summed E-state index contributed by atoms with van der Waals surface area (Å²) in [5.74, 6) is 0. The third-order valence-electron chi connectivity index (χ3n) is 0. The van der Waals surface area contributed by atoms with Gasteiger partial charge in [-0.2, -0.15) is 0 Å². The summed E-state index contributed by atoms with van der Waals surface area (Å²) in [6.07, 6.45) is 0. The van der Waals surface area contributed by atoms with Crippen molar-refractivity contribution in [3.63, 3.8) is 0 Å². The topological polar surface area (TPSA) is 91.7 Å². The molecule has 0 aromatic carbocycles. The molecule has 7 heteroatoms. The SMILES string of the molecule is O=[Si](O)O.O=[Si]=O. The molecule has 0 aliphatic carbocycles. The Labute approximate surface area is 42.4 Å². The average Bonchev–Trinajstić information content (AvgIpc) is 1.33. The highest BCUT2D eigenvalue weighted by molar-refractivity contribution is 6.22. The first-order valence-corrected chi connectivity index (χ1v) is 3.18. The van der Waals surface area contributed by atoms with Gasteiger partial charge in [-0.25, -0.2) is 0 Å². The van der Waals surface area contributed by atoms with Gasteiger partial charge in [0.05, 0.1) is 0 Å². The van der Waals surface area contributed by atoms with Crippen LogP contribution in [0.4, 0.5) is 0 Å². The quantitative estimate of drug-likeness (QED) is 0.369. The number of hydrogen-bond donors (Lipinski definition) is 2. The Hall–Kier alpha value is -0.566. The first kappa shape index (κ1) is 9.66. The zero-order valence-electron chi connectivity index (χ0n) is 3.12. The first-order valence-electron chi connectivity index (χ1n) is 1.06. The summed E-state index contributed by atoms with van der Waals surface area (Å²) in [5, 5.41) is 0. The fourth-order valence-electron chi connectivity index (χ4n) is 0. The van der Waals surface area contributed by atoms with Crippen molar-refractivity contribution in [1.29, 1.82) is 0 Å². The molecule has 0 amide bonds. The summed E-state index contributed by atoms with van der Waals surface area (Å²) in [4.78, 5) is 14.3. The van der Waals surface area contributed by atoms with Crippen LogP contribution in [0.25, 0.3) is 0 Å². The maximum absolute atomic E-state index is 8.74. The Morgan fingerprint density at radius 3 is 1.29 bits per heavy atom. The third kappa shape index (κ3) is 200. The van der Waals surface area contributed by atoms with Gasteiger partial charge in [0.2, 0.25) is 0 Å². The lowest BCUT2D eigenvalue weighted by atomic mass is 15.8. The second-order valence-electron chi connectivity index (χ2n) is 0.366. The van der Waals surface area contributed by atoms with Gasteiger partial charge in [-0.05, 0) is 0 Å². The van der Waals surface area contributed by atoms with E-state index in [0.717, 1.165) is 0 Å². The zero-order valence-corrected chi connectivity index (χ0v) is 5.12. The molecule has 0 radical (unpaired) electrons. The van der Waals surface area contributed by atoms with Crippen molar-refractivity contribution in [2.45, 2.75) is 0 Å². The second kappa shape index (κ2) is 9.06. The van der Waals surface area contributed by atoms with Crippen molar-refractivity contribution in [1.82, 2.24) is 0 Å². The monoisotopic (exact) mass is 138 g/mol. The fraction of sp³-hybridized carbons (Fsp3) is 0. The molecule has 40 valence electrons. The van der Waals surface area contributed by atoms with Gasteiger partial charge in [0, 0.05) is 0 Å². The van der Waals surface area contributed by atoms with Crippen molar-refractivity contribution < 1.29 is 23.0 Å². The van der Waals surface area contributed by atoms with E-state index in [1.54, 1.807) is 0 Å². The Balaban J connectivity index is 0. The summed E-state index contributed by atoms with van der Waals surface area (Å²) in [5.41, 5.74) is 0. The van der Waals surface area contributed by atoms with Crippen LogP contribution in [0.3, 0.4) is 0 Å². The van der Waals surface area contributed by atoms with E-state index in [0.29, 0.717) is 0 Å². The molecule has 0 heterocycles. The number of rotatable bonds is 0. The molecule has 0 rings (SSSR count). The largest absolute Gasteiger partial charge is 0.761 e. The zero-order chi connectivity index (χ0) is 6.28. The van der Waals surface area contributed by atoms with Crippen LogP contribution in [0.2, 0.25) is 0 Å². The predicted molar refractivity (Wildman–Crippen MR) is 18.0 cm³/mol. The molecule has 0 fully saturated rings. The average molecular weight is 138 g/mol. The van der Waals surface area contributed by atoms with Crippen molar-refractivity contribution in [2.75, 3.05) is 0 Å². The van der Waals surface area contributed by atoms with E-state index in [4.69, 9.17) is 23.0 Å². The van der Waals surface area contributed by atoms with Crippen LogP contribution < -0.4 is 0 Å². The van der Waals surface area contributed by atoms with E-state index < -0.39 is 18.5 Å². The summed E-state index contributed by atoms with van der Waals surface area (Å²) < 4.78 is 25.5. The summed E-state index contributed by atoms with van der Waals surface area (Å²) in [6.45, 7) is 0. The minimum absolute atomic E-state index is 1.42. The molecule has 0 spiro atoms. The van der Waals surface area contributed by atoms with E-state index in [1.807, 2.05) is 0 Å². The maximum Gasteiger partial charge on any atom is 0.761 e. The Kier molecular flexibility index (Phi) is 12.5. The standard InChI is InChI=1S/H2O3Si.O2Si/c1-4(2)3;1-3-2/h1-2H;. The molecular weight excluding hydrogens is 136 g/mol. The normalized spacial score (nSPS) is 4.57. The fourth-order valence-corrected chi connectivity index (χ4v) is 0. The smallest absolute Gasteiger partial charge is 0.511 e. The lowest BCUT2D eigenvalue weighted by Gasteiger charge is -1.55. The van der Waals surface area contributed by atoms with E-state index in [9.17, 15) is 0 Å². The van der Waals surface area contributed by atoms with Gasteiger partial charge >= 0.3 is 18.5 Å². The molecule has 0 atom stereocenters. The summed E-state index contributed by atoms with van der Waals surface area (Å²) >= 11 is 0. The molecule has 0 saturated carbocycles. The van der Waals surface area contributed by atoms with Crippen LogP contribution in [0, 0.1) is 0 Å². The van der Waals surface area contributed by atoms with Crippen molar-refractivity contribution in [2.24, 2.45) is 0 Å². The van der Waals surface area contributed by atoms with Crippen LogP contribution in [0.1, 0.15) is 0 Å². The molecule has 0 bridgehead atoms. The van der Waals surface area contributed by atoms with Crippen LogP contribution >= 0.6 is 0 Å². The Bertz CT molecular complexity index is 74.1. The van der Waals surface area contributed by atoms with E-state index in [2.05, 4.69) is 0 Å². The van der Waals surface area contributed by atoms with Gasteiger partial charge in [0.15, 0.2) is 0 Å². The van der Waals surface area contributed by atoms with E-state index in [1.165, 1.54) is 0 Å². The Morgan fingerprint density at radius 1 is 1.29 bits per heavy atom. The van der Waals surface area contributed by atoms with Gasteiger partial charge in [0.25, 0.3) is 0 Å². The predicted octanol–water partition coefficient (Wildman–Crippen LogP) is -2.23. The summed E-state index contributed by atoms with van der Waals surface area (Å²) in [7, 11) is -4.55. The molecule has 0 aliphatic heterocycles. The minimum Gasteiger partial charge on any atom is -0.511 e. The Morgan fingerprint density at radius 2 is 1.29 bits per heavy atom. The molecule has 0 unspecified atom stereocenters. The van der Waals surface area contributed by atoms with Gasteiger partial charge in [-0.15, -0.1) is 0 Å². The molecule has 5 nitrogen and oxygen atoms in total. The van der Waals surface area contributed by atoms with Crippen molar-refractivity contribution in [3.8, 4) is 0 Å². The highest BCUT2D eigenvalue weighted by atomic mass is 28.3. The van der Waals surface area contributed by atoms with Crippen LogP contribution in [-0.4, -0.2) is 28.1 Å². The highest BCUT2D eigenvalue weighted by Crippen LogP contribution is 1.27. The van der Waals surface area contributed by atoms with Gasteiger partial charge in [-0.3, -0.25) is 13.4 Å². The van der Waals surface area contributed by atoms with Crippen molar-refractivity contribution >= 4 is 18.5 Å². The van der Waals surface area contributed by atoms with Gasteiger partial charge < -0.3 is 9.59 Å². The number of hydrogen-bond acceptors (Lipinski definition) is 3. The highest BCUT2D eigenvalue weighted by Gasteiger charge is 1.85. The molecule has 0 aromatic rings. The molecule has 0 aromatic heterocycles. The van der Waals surface area contributed by atoms with E-state index >= 15 is 0 Å². The molecule has 2 N–H and O–H groups in total. The second-order valence-corrected chi connectivity index (χ2v) is 1.10. The van der Waals surface area contributed by atoms with Crippen LogP contribution in [0.15, 0.2) is 0 Å². The lowest BCUT2D eigenvalue weighted by molar-refractivity contribution is 0.330. The van der Waals surface area contributed by atoms with Gasteiger partial charge in [0.1, 0.15) is 0 Å². The van der Waals surface area contributed by atoms with E-state index in [-0.39, 0.29) is 0 Å². The molecule has 7 heavy (non-hydrogen) atoms. The van der Waals surface area contributed by atoms with Gasteiger partial charge in [-0.1, -0.05) is 0 Å². The molecular formula is H2O5Si2. The van der Waals surface area contributed by atoms with Crippen LogP contribution in [-0.2, 0) is 13.4 Å². The first-order chi connectivity index (χ1) is 3.15. The maximum atomic E-state index is 8.74. The summed E-state index contributed by atoms with van der Waals surface area (Å²) in [6, 6.07) is 0.